The van der Waals surface area contributed by atoms with Gasteiger partial charge in [0, 0.05) is 5.69 Å². The fraction of sp³-hybridized carbons (Fsp3) is 0.200. The normalized spacial score (nSPS) is 11.7. The van der Waals surface area contributed by atoms with Crippen molar-refractivity contribution in [2.24, 2.45) is 5.10 Å². The first-order valence-corrected chi connectivity index (χ1v) is 6.64. The molecule has 0 aliphatic heterocycles. The van der Waals surface area contributed by atoms with Gasteiger partial charge in [0.1, 0.15) is 11.5 Å². The third-order valence-electron chi connectivity index (χ3n) is 2.79. The maximum Gasteiger partial charge on any atom is 0.416 e. The first-order valence-electron chi connectivity index (χ1n) is 6.64. The van der Waals surface area contributed by atoms with Gasteiger partial charge in [-0.15, -0.1) is 0 Å². The van der Waals surface area contributed by atoms with E-state index in [0.717, 1.165) is 12.1 Å². The Morgan fingerprint density at radius 2 is 2.09 bits per heavy atom. The third kappa shape index (κ3) is 5.17. The van der Waals surface area contributed by atoms with Gasteiger partial charge in [-0.2, -0.15) is 18.3 Å². The number of anilines is 1. The highest BCUT2D eigenvalue weighted by atomic mass is 19.4. The molecular formula is C15H14F3N3O2. The molecule has 1 heterocycles. The van der Waals surface area contributed by atoms with Gasteiger partial charge in [0.15, 0.2) is 0 Å². The van der Waals surface area contributed by atoms with Crippen LogP contribution in [0.3, 0.4) is 0 Å². The Kier molecular flexibility index (Phi) is 5.05. The minimum absolute atomic E-state index is 0.195. The molecule has 0 fully saturated rings. The molecule has 0 saturated carbocycles. The van der Waals surface area contributed by atoms with Gasteiger partial charge in [-0.25, -0.2) is 5.43 Å². The zero-order chi connectivity index (χ0) is 16.9. The molecule has 23 heavy (non-hydrogen) atoms. The molecule has 0 aliphatic carbocycles. The number of carbonyl (C=O) groups is 1. The van der Waals surface area contributed by atoms with Crippen LogP contribution in [0.2, 0.25) is 0 Å². The highest BCUT2D eigenvalue weighted by Gasteiger charge is 2.30. The van der Waals surface area contributed by atoms with Crippen LogP contribution in [0.15, 0.2) is 45.9 Å². The third-order valence-corrected chi connectivity index (χ3v) is 2.79. The van der Waals surface area contributed by atoms with Crippen LogP contribution in [0.4, 0.5) is 18.9 Å². The van der Waals surface area contributed by atoms with Crippen molar-refractivity contribution in [2.75, 3.05) is 11.9 Å². The van der Waals surface area contributed by atoms with Crippen LogP contribution in [0.1, 0.15) is 17.1 Å². The first kappa shape index (κ1) is 16.6. The van der Waals surface area contributed by atoms with E-state index < -0.39 is 17.6 Å². The molecule has 2 N–H and O–H groups in total. The monoisotopic (exact) mass is 325 g/mol. The summed E-state index contributed by atoms with van der Waals surface area (Å²) in [6.07, 6.45) is -3.10. The predicted octanol–water partition coefficient (Wildman–Crippen LogP) is 3.17. The van der Waals surface area contributed by atoms with Crippen molar-refractivity contribution < 1.29 is 22.4 Å². The molecular weight excluding hydrogens is 311 g/mol. The lowest BCUT2D eigenvalue weighted by molar-refractivity contribution is -0.137. The zero-order valence-electron chi connectivity index (χ0n) is 12.1. The SMILES string of the molecule is Cc1ccc(/C=N\NC(=O)CNc2cccc(C(F)(F)F)c2)o1. The van der Waals surface area contributed by atoms with Gasteiger partial charge in [0.2, 0.25) is 0 Å². The maximum absolute atomic E-state index is 12.6. The molecule has 2 rings (SSSR count). The summed E-state index contributed by atoms with van der Waals surface area (Å²) in [4.78, 5) is 11.6. The van der Waals surface area contributed by atoms with E-state index >= 15 is 0 Å². The fourth-order valence-electron chi connectivity index (χ4n) is 1.72. The van der Waals surface area contributed by atoms with Gasteiger partial charge in [-0.05, 0) is 37.3 Å². The molecule has 5 nitrogen and oxygen atoms in total. The molecule has 0 spiro atoms. The Hall–Kier alpha value is -2.77. The number of rotatable bonds is 5. The van der Waals surface area contributed by atoms with Crippen molar-refractivity contribution in [1.29, 1.82) is 0 Å². The molecule has 0 aliphatic rings. The van der Waals surface area contributed by atoms with Crippen LogP contribution in [0, 0.1) is 6.92 Å². The predicted molar refractivity (Wildman–Crippen MR) is 79.1 cm³/mol. The number of benzene rings is 1. The van der Waals surface area contributed by atoms with E-state index in [1.54, 1.807) is 19.1 Å². The number of halogens is 3. The van der Waals surface area contributed by atoms with Crippen molar-refractivity contribution in [1.82, 2.24) is 5.43 Å². The molecule has 0 unspecified atom stereocenters. The number of aryl methyl sites for hydroxylation is 1. The molecule has 0 saturated heterocycles. The van der Waals surface area contributed by atoms with Gasteiger partial charge >= 0.3 is 6.18 Å². The van der Waals surface area contributed by atoms with Crippen molar-refractivity contribution in [3.8, 4) is 0 Å². The van der Waals surface area contributed by atoms with E-state index in [4.69, 9.17) is 4.42 Å². The first-order chi connectivity index (χ1) is 10.8. The molecule has 0 bridgehead atoms. The minimum Gasteiger partial charge on any atom is -0.460 e. The number of nitrogens with one attached hydrogen (secondary N) is 2. The summed E-state index contributed by atoms with van der Waals surface area (Å²) >= 11 is 0. The fourth-order valence-corrected chi connectivity index (χ4v) is 1.72. The molecule has 122 valence electrons. The summed E-state index contributed by atoms with van der Waals surface area (Å²) < 4.78 is 42.9. The summed E-state index contributed by atoms with van der Waals surface area (Å²) in [6, 6.07) is 8.03. The Morgan fingerprint density at radius 1 is 1.30 bits per heavy atom. The Balaban J connectivity index is 1.83. The number of amides is 1. The van der Waals surface area contributed by atoms with Crippen molar-refractivity contribution >= 4 is 17.8 Å². The van der Waals surface area contributed by atoms with Crippen LogP contribution >= 0.6 is 0 Å². The second kappa shape index (κ2) is 6.99. The van der Waals surface area contributed by atoms with E-state index in [9.17, 15) is 18.0 Å². The van der Waals surface area contributed by atoms with E-state index in [-0.39, 0.29) is 12.2 Å². The van der Waals surface area contributed by atoms with Gasteiger partial charge in [-0.1, -0.05) is 6.07 Å². The topological polar surface area (TPSA) is 66.6 Å². The Labute approximate surface area is 130 Å². The Bertz CT molecular complexity index is 708. The van der Waals surface area contributed by atoms with Gasteiger partial charge < -0.3 is 9.73 Å². The minimum atomic E-state index is -4.43. The van der Waals surface area contributed by atoms with Crippen molar-refractivity contribution in [3.63, 3.8) is 0 Å². The average Bonchev–Trinajstić information content (AvgIpc) is 2.90. The van der Waals surface area contributed by atoms with E-state index in [0.29, 0.717) is 11.5 Å². The van der Waals surface area contributed by atoms with Gasteiger partial charge in [-0.3, -0.25) is 4.79 Å². The van der Waals surface area contributed by atoms with E-state index in [1.165, 1.54) is 18.3 Å². The van der Waals surface area contributed by atoms with Crippen LogP contribution in [-0.4, -0.2) is 18.7 Å². The number of furan rings is 1. The molecule has 0 atom stereocenters. The number of hydrogen-bond donors (Lipinski definition) is 2. The van der Waals surface area contributed by atoms with Crippen LogP contribution in [0.5, 0.6) is 0 Å². The second-order valence-electron chi connectivity index (χ2n) is 4.67. The largest absolute Gasteiger partial charge is 0.460 e. The second-order valence-corrected chi connectivity index (χ2v) is 4.67. The van der Waals surface area contributed by atoms with Crippen LogP contribution in [0.25, 0.3) is 0 Å². The lowest BCUT2D eigenvalue weighted by Crippen LogP contribution is -2.26. The van der Waals surface area contributed by atoms with E-state index in [1.807, 2.05) is 0 Å². The maximum atomic E-state index is 12.6. The molecule has 2 aromatic rings. The number of hydrogen-bond acceptors (Lipinski definition) is 4. The van der Waals surface area contributed by atoms with Crippen molar-refractivity contribution in [3.05, 3.63) is 53.5 Å². The zero-order valence-corrected chi connectivity index (χ0v) is 12.1. The standard InChI is InChI=1S/C15H14F3N3O2/c1-10-5-6-13(23-10)8-20-21-14(22)9-19-12-4-2-3-11(7-12)15(16,17)18/h2-8,19H,9H2,1H3,(H,21,22)/b20-8-. The summed E-state index contributed by atoms with van der Waals surface area (Å²) in [6.45, 7) is 1.56. The van der Waals surface area contributed by atoms with Crippen LogP contribution < -0.4 is 10.7 Å². The average molecular weight is 325 g/mol. The summed E-state index contributed by atoms with van der Waals surface area (Å²) in [5.41, 5.74) is 1.65. The Morgan fingerprint density at radius 3 is 2.74 bits per heavy atom. The molecule has 8 heteroatoms. The number of alkyl halides is 3. The van der Waals surface area contributed by atoms with Gasteiger partial charge in [0.05, 0.1) is 18.3 Å². The smallest absolute Gasteiger partial charge is 0.416 e. The van der Waals surface area contributed by atoms with Crippen LogP contribution in [-0.2, 0) is 11.0 Å². The molecule has 1 aromatic carbocycles. The number of carbonyl (C=O) groups excluding carboxylic acids is 1. The highest BCUT2D eigenvalue weighted by Crippen LogP contribution is 2.30. The molecule has 1 amide bonds. The lowest BCUT2D eigenvalue weighted by Gasteiger charge is -2.09. The summed E-state index contributed by atoms with van der Waals surface area (Å²) in [7, 11) is 0. The molecule has 1 aromatic heterocycles. The summed E-state index contributed by atoms with van der Waals surface area (Å²) in [5, 5.41) is 6.29. The highest BCUT2D eigenvalue weighted by molar-refractivity contribution is 5.83. The number of nitrogens with zero attached hydrogens (tertiary/aromatic N) is 1. The number of hydrazone groups is 1. The summed E-state index contributed by atoms with van der Waals surface area (Å²) in [5.74, 6) is 0.694. The molecule has 0 radical (unpaired) electrons. The quantitative estimate of drug-likeness (QED) is 0.655. The van der Waals surface area contributed by atoms with Crippen molar-refractivity contribution in [2.45, 2.75) is 13.1 Å². The lowest BCUT2D eigenvalue weighted by atomic mass is 10.2. The van der Waals surface area contributed by atoms with E-state index in [2.05, 4.69) is 15.8 Å². The van der Waals surface area contributed by atoms with Gasteiger partial charge in [0.25, 0.3) is 5.91 Å².